The second-order valence-electron chi connectivity index (χ2n) is 7.09. The summed E-state index contributed by atoms with van der Waals surface area (Å²) in [6.07, 6.45) is 4.01. The molecule has 0 saturated heterocycles. The maximum absolute atomic E-state index is 12.7. The maximum atomic E-state index is 12.7. The lowest BCUT2D eigenvalue weighted by Gasteiger charge is -2.14. The van der Waals surface area contributed by atoms with Gasteiger partial charge >= 0.3 is 0 Å². The fourth-order valence-electron chi connectivity index (χ4n) is 4.21. The summed E-state index contributed by atoms with van der Waals surface area (Å²) >= 11 is 0. The molecule has 2 atom stereocenters. The van der Waals surface area contributed by atoms with Gasteiger partial charge in [-0.05, 0) is 47.6 Å². The van der Waals surface area contributed by atoms with Gasteiger partial charge in [0.15, 0.2) is 5.78 Å². The first kappa shape index (κ1) is 15.3. The number of aryl methyl sites for hydroxylation is 1. The van der Waals surface area contributed by atoms with Crippen molar-refractivity contribution in [2.24, 2.45) is 5.92 Å². The van der Waals surface area contributed by atoms with Gasteiger partial charge in [-0.15, -0.1) is 0 Å². The molecule has 0 aromatic heterocycles. The van der Waals surface area contributed by atoms with Crippen LogP contribution in [0.5, 0.6) is 0 Å². The summed E-state index contributed by atoms with van der Waals surface area (Å²) in [7, 11) is 1.78. The van der Waals surface area contributed by atoms with E-state index >= 15 is 0 Å². The van der Waals surface area contributed by atoms with Crippen molar-refractivity contribution in [3.8, 4) is 0 Å². The highest BCUT2D eigenvalue weighted by Crippen LogP contribution is 2.40. The molecule has 2 aliphatic carbocycles. The van der Waals surface area contributed by atoms with Crippen molar-refractivity contribution in [1.29, 1.82) is 0 Å². The van der Waals surface area contributed by atoms with Gasteiger partial charge in [0.25, 0.3) is 0 Å². The van der Waals surface area contributed by atoms with Crippen LogP contribution in [-0.2, 0) is 17.6 Å². The van der Waals surface area contributed by atoms with E-state index in [9.17, 15) is 4.79 Å². The molecule has 0 aliphatic heterocycles. The van der Waals surface area contributed by atoms with Crippen LogP contribution in [0, 0.1) is 12.8 Å². The summed E-state index contributed by atoms with van der Waals surface area (Å²) in [5.41, 5.74) is 7.91. The number of fused-ring (bicyclic) bond motifs is 2. The Bertz CT molecular complexity index is 860. The van der Waals surface area contributed by atoms with E-state index in [0.29, 0.717) is 5.92 Å². The van der Waals surface area contributed by atoms with Gasteiger partial charge in [-0.25, -0.2) is 0 Å². The zero-order valence-electron chi connectivity index (χ0n) is 14.4. The van der Waals surface area contributed by atoms with Crippen LogP contribution in [0.25, 0.3) is 6.08 Å². The van der Waals surface area contributed by atoms with Crippen LogP contribution in [0.3, 0.4) is 0 Å². The van der Waals surface area contributed by atoms with Crippen molar-refractivity contribution in [3.63, 3.8) is 0 Å². The van der Waals surface area contributed by atoms with E-state index in [1.807, 2.05) is 12.1 Å². The average molecular weight is 318 g/mol. The molecule has 0 bridgehead atoms. The van der Waals surface area contributed by atoms with Crippen LogP contribution >= 0.6 is 0 Å². The number of ketones is 1. The second-order valence-corrected chi connectivity index (χ2v) is 7.09. The number of Topliss-reactive ketones (excluding diaryl/α,β-unsaturated/α-hetero) is 1. The first-order chi connectivity index (χ1) is 11.6. The number of hydrogen-bond acceptors (Lipinski definition) is 2. The van der Waals surface area contributed by atoms with E-state index < -0.39 is 0 Å². The summed E-state index contributed by atoms with van der Waals surface area (Å²) in [4.78, 5) is 12.7. The minimum Gasteiger partial charge on any atom is -0.376 e. The van der Waals surface area contributed by atoms with Crippen LogP contribution < -0.4 is 0 Å². The van der Waals surface area contributed by atoms with Crippen LogP contribution in [0.2, 0.25) is 0 Å². The Morgan fingerprint density at radius 2 is 2.04 bits per heavy atom. The van der Waals surface area contributed by atoms with Crippen LogP contribution in [0.4, 0.5) is 0 Å². The molecular weight excluding hydrogens is 296 g/mol. The molecular formula is C22H22O2. The fraction of sp³-hybridized carbons (Fsp3) is 0.318. The Morgan fingerprint density at radius 1 is 1.21 bits per heavy atom. The number of ether oxygens (including phenoxy) is 1. The van der Waals surface area contributed by atoms with E-state index in [1.54, 1.807) is 7.11 Å². The number of benzene rings is 2. The molecule has 4 rings (SSSR count). The lowest BCUT2D eigenvalue weighted by atomic mass is 9.99. The third-order valence-electron chi connectivity index (χ3n) is 5.36. The summed E-state index contributed by atoms with van der Waals surface area (Å²) in [5, 5.41) is 0. The highest BCUT2D eigenvalue weighted by molar-refractivity contribution is 6.15. The topological polar surface area (TPSA) is 26.3 Å². The van der Waals surface area contributed by atoms with Crippen molar-refractivity contribution >= 4 is 11.9 Å². The molecule has 2 heteroatoms. The quantitative estimate of drug-likeness (QED) is 0.750. The largest absolute Gasteiger partial charge is 0.376 e. The Morgan fingerprint density at radius 3 is 2.83 bits per heavy atom. The number of carbonyl (C=O) groups is 1. The maximum Gasteiger partial charge on any atom is 0.189 e. The summed E-state index contributed by atoms with van der Waals surface area (Å²) in [6.45, 7) is 4.30. The standard InChI is InChI=1S/C22H22O2/c1-13-7-8-18-16(9-13)12-17(21(18)23)11-15-5-4-6-19-20(15)10-14(2)22(19)24-3/h4-9,11,14,22H,10,12H2,1-3H3. The van der Waals surface area contributed by atoms with E-state index in [0.717, 1.165) is 29.5 Å². The molecule has 0 radical (unpaired) electrons. The first-order valence-electron chi connectivity index (χ1n) is 8.58. The Hall–Kier alpha value is -2.19. The molecule has 0 heterocycles. The number of rotatable bonds is 2. The summed E-state index contributed by atoms with van der Waals surface area (Å²) < 4.78 is 5.67. The van der Waals surface area contributed by atoms with Gasteiger partial charge in [-0.2, -0.15) is 0 Å². The van der Waals surface area contributed by atoms with Crippen LogP contribution in [-0.4, -0.2) is 12.9 Å². The van der Waals surface area contributed by atoms with E-state index in [4.69, 9.17) is 4.74 Å². The molecule has 2 aliphatic rings. The van der Waals surface area contributed by atoms with E-state index in [-0.39, 0.29) is 11.9 Å². The third kappa shape index (κ3) is 2.33. The van der Waals surface area contributed by atoms with Crippen molar-refractivity contribution in [2.45, 2.75) is 32.8 Å². The predicted molar refractivity (Wildman–Crippen MR) is 96.3 cm³/mol. The van der Waals surface area contributed by atoms with Gasteiger partial charge in [0.1, 0.15) is 0 Å². The minimum absolute atomic E-state index is 0.164. The zero-order chi connectivity index (χ0) is 16.8. The molecule has 0 spiro atoms. The molecule has 0 fully saturated rings. The van der Waals surface area contributed by atoms with Crippen LogP contribution in [0.15, 0.2) is 42.0 Å². The molecule has 0 amide bonds. The van der Waals surface area contributed by atoms with Gasteiger partial charge in [0, 0.05) is 24.7 Å². The molecule has 122 valence electrons. The number of allylic oxidation sites excluding steroid dienone is 1. The Labute approximate surface area is 143 Å². The van der Waals surface area contributed by atoms with Gasteiger partial charge < -0.3 is 4.74 Å². The van der Waals surface area contributed by atoms with E-state index in [2.05, 4.69) is 44.2 Å². The molecule has 2 unspecified atom stereocenters. The van der Waals surface area contributed by atoms with Gasteiger partial charge in [0.05, 0.1) is 6.10 Å². The van der Waals surface area contributed by atoms with Crippen molar-refractivity contribution in [1.82, 2.24) is 0 Å². The van der Waals surface area contributed by atoms with Crippen molar-refractivity contribution < 1.29 is 9.53 Å². The zero-order valence-corrected chi connectivity index (χ0v) is 14.4. The monoisotopic (exact) mass is 318 g/mol. The van der Waals surface area contributed by atoms with Gasteiger partial charge in [-0.1, -0.05) is 48.9 Å². The lowest BCUT2D eigenvalue weighted by Crippen LogP contribution is -2.05. The molecule has 2 aromatic carbocycles. The highest BCUT2D eigenvalue weighted by atomic mass is 16.5. The summed E-state index contributed by atoms with van der Waals surface area (Å²) in [6, 6.07) is 12.5. The molecule has 0 N–H and O–H groups in total. The molecule has 2 nitrogen and oxygen atoms in total. The summed E-state index contributed by atoms with van der Waals surface area (Å²) in [5.74, 6) is 0.653. The minimum atomic E-state index is 0.164. The van der Waals surface area contributed by atoms with Gasteiger partial charge in [0.2, 0.25) is 0 Å². The second kappa shape index (κ2) is 5.71. The number of methoxy groups -OCH3 is 1. The van der Waals surface area contributed by atoms with Crippen molar-refractivity contribution in [3.05, 3.63) is 75.4 Å². The normalized spacial score (nSPS) is 23.6. The highest BCUT2D eigenvalue weighted by Gasteiger charge is 2.31. The first-order valence-corrected chi connectivity index (χ1v) is 8.58. The molecule has 0 saturated carbocycles. The average Bonchev–Trinajstić information content (AvgIpc) is 3.04. The van der Waals surface area contributed by atoms with Crippen LogP contribution in [0.1, 0.15) is 51.2 Å². The molecule has 2 aromatic rings. The Balaban J connectivity index is 1.74. The smallest absolute Gasteiger partial charge is 0.189 e. The SMILES string of the molecule is COC1c2cccc(C=C3Cc4cc(C)ccc4C3=O)c2CC1C. The van der Waals surface area contributed by atoms with Crippen molar-refractivity contribution in [2.75, 3.05) is 7.11 Å². The Kier molecular flexibility index (Phi) is 3.65. The number of carbonyl (C=O) groups excluding carboxylic acids is 1. The predicted octanol–water partition coefficient (Wildman–Crippen LogP) is 4.70. The van der Waals surface area contributed by atoms with Gasteiger partial charge in [-0.3, -0.25) is 4.79 Å². The van der Waals surface area contributed by atoms with E-state index in [1.165, 1.54) is 22.3 Å². The molecule has 24 heavy (non-hydrogen) atoms. The fourth-order valence-corrected chi connectivity index (χ4v) is 4.21. The lowest BCUT2D eigenvalue weighted by molar-refractivity contribution is 0.0695. The number of hydrogen-bond donors (Lipinski definition) is 0. The third-order valence-corrected chi connectivity index (χ3v) is 5.36.